The Kier molecular flexibility index (Phi) is 6.32. The van der Waals surface area contributed by atoms with Crippen molar-refractivity contribution in [3.63, 3.8) is 0 Å². The van der Waals surface area contributed by atoms with E-state index in [4.69, 9.17) is 4.74 Å². The van der Waals surface area contributed by atoms with Gasteiger partial charge in [0.25, 0.3) is 5.56 Å². The Morgan fingerprint density at radius 1 is 1.24 bits per heavy atom. The lowest BCUT2D eigenvalue weighted by molar-refractivity contribution is -0.136. The lowest BCUT2D eigenvalue weighted by Gasteiger charge is -2.29. The molecule has 2 aromatic rings. The minimum Gasteiger partial charge on any atom is -0.466 e. The number of carbonyl (C=O) groups excluding carboxylic acids is 1. The third-order valence-electron chi connectivity index (χ3n) is 5.17. The van der Waals surface area contributed by atoms with E-state index in [9.17, 15) is 9.59 Å². The summed E-state index contributed by atoms with van der Waals surface area (Å²) in [5.74, 6) is -0.551. The maximum Gasteiger partial charge on any atom is 0.336 e. The molecule has 1 aliphatic rings. The van der Waals surface area contributed by atoms with Crippen LogP contribution in [0.2, 0.25) is 0 Å². The molecule has 0 fully saturated rings. The van der Waals surface area contributed by atoms with E-state index in [2.05, 4.69) is 34.0 Å². The largest absolute Gasteiger partial charge is 0.466 e. The van der Waals surface area contributed by atoms with E-state index in [1.807, 2.05) is 30.5 Å². The molecule has 2 N–H and O–H groups in total. The number of hydrogen-bond acceptors (Lipinski definition) is 7. The minimum absolute atomic E-state index is 0.265. The van der Waals surface area contributed by atoms with Crippen LogP contribution < -0.4 is 15.8 Å². The Balaban J connectivity index is 2.18. The number of ether oxygens (including phenoxy) is 1. The molecule has 8 heteroatoms. The van der Waals surface area contributed by atoms with Gasteiger partial charge in [-0.3, -0.25) is 4.79 Å². The number of methoxy groups -OCH3 is 1. The van der Waals surface area contributed by atoms with Crippen LogP contribution in [-0.2, 0) is 9.53 Å². The average molecular weight is 415 g/mol. The molecule has 0 amide bonds. The van der Waals surface area contributed by atoms with Crippen LogP contribution >= 0.6 is 11.8 Å². The Labute approximate surface area is 174 Å². The van der Waals surface area contributed by atoms with E-state index in [1.54, 1.807) is 6.92 Å². The highest BCUT2D eigenvalue weighted by atomic mass is 32.2. The van der Waals surface area contributed by atoms with E-state index >= 15 is 0 Å². The second-order valence-electron chi connectivity index (χ2n) is 6.69. The summed E-state index contributed by atoms with van der Waals surface area (Å²) in [6, 6.07) is 7.97. The number of benzene rings is 1. The van der Waals surface area contributed by atoms with Gasteiger partial charge in [-0.15, -0.1) is 0 Å². The van der Waals surface area contributed by atoms with Crippen LogP contribution in [0, 0.1) is 0 Å². The van der Waals surface area contributed by atoms with Gasteiger partial charge in [0.1, 0.15) is 5.82 Å². The predicted octanol–water partition coefficient (Wildman–Crippen LogP) is 3.34. The number of fused-ring (bicyclic) bond motifs is 1. The van der Waals surface area contributed by atoms with Crippen molar-refractivity contribution in [2.24, 2.45) is 0 Å². The number of aromatic nitrogens is 2. The Morgan fingerprint density at radius 3 is 2.45 bits per heavy atom. The summed E-state index contributed by atoms with van der Waals surface area (Å²) < 4.78 is 5.03. The zero-order chi connectivity index (χ0) is 21.1. The first-order valence-corrected chi connectivity index (χ1v) is 10.8. The Hall–Kier alpha value is -2.74. The van der Waals surface area contributed by atoms with E-state index in [1.165, 1.54) is 18.9 Å². The van der Waals surface area contributed by atoms with Crippen LogP contribution in [0.5, 0.6) is 0 Å². The lowest BCUT2D eigenvalue weighted by atomic mass is 9.82. The molecule has 1 aromatic heterocycles. The van der Waals surface area contributed by atoms with Crippen molar-refractivity contribution in [3.8, 4) is 0 Å². The van der Waals surface area contributed by atoms with Gasteiger partial charge in [0.05, 0.1) is 24.2 Å². The Morgan fingerprint density at radius 2 is 1.90 bits per heavy atom. The zero-order valence-corrected chi connectivity index (χ0v) is 18.1. The highest BCUT2D eigenvalue weighted by molar-refractivity contribution is 7.98. The lowest BCUT2D eigenvalue weighted by Crippen LogP contribution is -2.31. The molecule has 0 aliphatic carbocycles. The quantitative estimate of drug-likeness (QED) is 0.426. The summed E-state index contributed by atoms with van der Waals surface area (Å²) in [6.07, 6.45) is 1.85. The molecule has 1 atom stereocenters. The van der Waals surface area contributed by atoms with Gasteiger partial charge < -0.3 is 19.9 Å². The first kappa shape index (κ1) is 21.0. The van der Waals surface area contributed by atoms with Crippen LogP contribution in [-0.4, -0.2) is 42.4 Å². The monoisotopic (exact) mass is 414 g/mol. The second kappa shape index (κ2) is 8.73. The second-order valence-corrected chi connectivity index (χ2v) is 7.48. The number of thioether (sulfide) groups is 1. The van der Waals surface area contributed by atoms with Crippen LogP contribution in [0.4, 0.5) is 11.5 Å². The third-order valence-corrected chi connectivity index (χ3v) is 5.75. The maximum absolute atomic E-state index is 12.9. The van der Waals surface area contributed by atoms with Crippen LogP contribution in [0.1, 0.15) is 37.8 Å². The van der Waals surface area contributed by atoms with Crippen LogP contribution in [0.25, 0.3) is 0 Å². The molecule has 0 spiro atoms. The number of nitrogens with one attached hydrogen (secondary N) is 2. The number of nitrogens with zero attached hydrogens (tertiary/aromatic N) is 2. The van der Waals surface area contributed by atoms with Gasteiger partial charge in [-0.25, -0.2) is 9.78 Å². The van der Waals surface area contributed by atoms with Gasteiger partial charge in [-0.1, -0.05) is 23.9 Å². The number of rotatable bonds is 6. The molecule has 29 heavy (non-hydrogen) atoms. The van der Waals surface area contributed by atoms with Crippen LogP contribution in [0.3, 0.4) is 0 Å². The minimum atomic E-state index is -0.559. The van der Waals surface area contributed by atoms with E-state index in [-0.39, 0.29) is 5.56 Å². The molecular formula is C21H26N4O3S. The molecule has 154 valence electrons. The summed E-state index contributed by atoms with van der Waals surface area (Å²) in [6.45, 7) is 7.82. The fraction of sp³-hybridized carbons (Fsp3) is 0.381. The van der Waals surface area contributed by atoms with Gasteiger partial charge in [-0.05, 0) is 44.7 Å². The average Bonchev–Trinajstić information content (AvgIpc) is 2.73. The summed E-state index contributed by atoms with van der Waals surface area (Å²) in [5, 5.41) is 3.63. The standard InChI is InChI=1S/C21H26N4O3S/c1-6-25(7-2)14-10-8-13(9-11-14)16-15(20(27)28-4)12(3)22-18-17(16)19(26)24-21(23-18)29-5/h8-11,16H,6-7H2,1-5H3,(H2,22,23,24,26). The predicted molar refractivity (Wildman–Crippen MR) is 117 cm³/mol. The molecular weight excluding hydrogens is 388 g/mol. The molecule has 7 nitrogen and oxygen atoms in total. The molecule has 1 unspecified atom stereocenters. The van der Waals surface area contributed by atoms with Gasteiger partial charge >= 0.3 is 5.97 Å². The molecule has 1 aromatic carbocycles. The van der Waals surface area contributed by atoms with Crippen molar-refractivity contribution in [2.45, 2.75) is 31.8 Å². The molecule has 3 rings (SSSR count). The number of H-pyrrole nitrogens is 1. The van der Waals surface area contributed by atoms with Gasteiger partial charge in [0.15, 0.2) is 5.16 Å². The highest BCUT2D eigenvalue weighted by Crippen LogP contribution is 2.40. The van der Waals surface area contributed by atoms with Crippen LogP contribution in [0.15, 0.2) is 45.5 Å². The van der Waals surface area contributed by atoms with Crippen molar-refractivity contribution in [2.75, 3.05) is 36.7 Å². The SMILES string of the molecule is CCN(CC)c1ccc(C2C(C(=O)OC)=C(C)Nc3nc(SC)[nH]c(=O)c32)cc1. The Bertz CT molecular complexity index is 994. The molecule has 2 heterocycles. The van der Waals surface area contributed by atoms with E-state index in [0.29, 0.717) is 27.8 Å². The van der Waals surface area contributed by atoms with Gasteiger partial charge in [-0.2, -0.15) is 0 Å². The van der Waals surface area contributed by atoms with Crippen molar-refractivity contribution in [3.05, 3.63) is 57.0 Å². The number of esters is 1. The fourth-order valence-electron chi connectivity index (χ4n) is 3.71. The topological polar surface area (TPSA) is 87.3 Å². The molecule has 0 saturated carbocycles. The fourth-order valence-corrected chi connectivity index (χ4v) is 4.09. The summed E-state index contributed by atoms with van der Waals surface area (Å²) in [4.78, 5) is 35.1. The number of hydrogen-bond donors (Lipinski definition) is 2. The highest BCUT2D eigenvalue weighted by Gasteiger charge is 2.36. The normalized spacial score (nSPS) is 15.6. The van der Waals surface area contributed by atoms with Crippen molar-refractivity contribution >= 4 is 29.2 Å². The summed E-state index contributed by atoms with van der Waals surface area (Å²) in [7, 11) is 1.35. The number of aromatic amines is 1. The smallest absolute Gasteiger partial charge is 0.336 e. The third kappa shape index (κ3) is 3.89. The summed E-state index contributed by atoms with van der Waals surface area (Å²) in [5.41, 5.74) is 3.14. The maximum atomic E-state index is 12.9. The van der Waals surface area contributed by atoms with Crippen molar-refractivity contribution in [1.29, 1.82) is 0 Å². The van der Waals surface area contributed by atoms with E-state index < -0.39 is 11.9 Å². The first-order valence-electron chi connectivity index (χ1n) is 9.54. The first-order chi connectivity index (χ1) is 13.9. The molecule has 0 radical (unpaired) electrons. The number of allylic oxidation sites excluding steroid dienone is 1. The van der Waals surface area contributed by atoms with Gasteiger partial charge in [0, 0.05) is 24.5 Å². The number of anilines is 2. The van der Waals surface area contributed by atoms with E-state index in [0.717, 1.165) is 24.3 Å². The molecule has 0 bridgehead atoms. The zero-order valence-electron chi connectivity index (χ0n) is 17.3. The van der Waals surface area contributed by atoms with Crippen molar-refractivity contribution < 1.29 is 9.53 Å². The molecule has 1 aliphatic heterocycles. The van der Waals surface area contributed by atoms with Crippen molar-refractivity contribution in [1.82, 2.24) is 9.97 Å². The molecule has 0 saturated heterocycles. The number of carbonyl (C=O) groups is 1. The summed E-state index contributed by atoms with van der Waals surface area (Å²) >= 11 is 1.36. The van der Waals surface area contributed by atoms with Gasteiger partial charge in [0.2, 0.25) is 0 Å².